The van der Waals surface area contributed by atoms with Crippen molar-refractivity contribution >= 4 is 11.6 Å². The topological polar surface area (TPSA) is 71.8 Å². The van der Waals surface area contributed by atoms with Gasteiger partial charge in [0, 0.05) is 50.8 Å². The van der Waals surface area contributed by atoms with E-state index in [9.17, 15) is 0 Å². The summed E-state index contributed by atoms with van der Waals surface area (Å²) in [5.41, 5.74) is 3.35. The van der Waals surface area contributed by atoms with Crippen LogP contribution in [0.1, 0.15) is 35.7 Å². The van der Waals surface area contributed by atoms with Gasteiger partial charge in [-0.3, -0.25) is 9.88 Å². The summed E-state index contributed by atoms with van der Waals surface area (Å²) in [4.78, 5) is 20.4. The molecule has 0 unspecified atom stereocenters. The Kier molecular flexibility index (Phi) is 5.11. The van der Waals surface area contributed by atoms with E-state index in [-0.39, 0.29) is 0 Å². The van der Waals surface area contributed by atoms with Crippen LogP contribution in [0.2, 0.25) is 0 Å². The van der Waals surface area contributed by atoms with Gasteiger partial charge in [-0.05, 0) is 37.9 Å². The molecule has 4 heterocycles. The summed E-state index contributed by atoms with van der Waals surface area (Å²) in [5, 5.41) is 3.39. The van der Waals surface area contributed by atoms with Crippen molar-refractivity contribution in [1.29, 1.82) is 0 Å². The third kappa shape index (κ3) is 3.98. The normalized spacial score (nSPS) is 17.8. The lowest BCUT2D eigenvalue weighted by molar-refractivity contribution is 0.195. The molecular formula is C20H25N7. The maximum Gasteiger partial charge on any atom is 0.153 e. The lowest BCUT2D eigenvalue weighted by atomic mass is 9.94. The second-order valence-electron chi connectivity index (χ2n) is 7.15. The van der Waals surface area contributed by atoms with Crippen LogP contribution in [-0.2, 0) is 13.6 Å². The number of hydrogen-bond donors (Lipinski definition) is 1. The van der Waals surface area contributed by atoms with Gasteiger partial charge >= 0.3 is 0 Å². The molecule has 27 heavy (non-hydrogen) atoms. The van der Waals surface area contributed by atoms with Crippen molar-refractivity contribution in [3.05, 3.63) is 60.2 Å². The van der Waals surface area contributed by atoms with Crippen molar-refractivity contribution < 1.29 is 0 Å². The van der Waals surface area contributed by atoms with E-state index < -0.39 is 0 Å². The number of aromatic nitrogens is 5. The maximum atomic E-state index is 4.68. The van der Waals surface area contributed by atoms with Crippen LogP contribution in [-0.4, -0.2) is 42.5 Å². The van der Waals surface area contributed by atoms with Crippen molar-refractivity contribution in [2.45, 2.75) is 32.2 Å². The molecule has 1 aliphatic rings. The minimum absolute atomic E-state index is 0.354. The summed E-state index contributed by atoms with van der Waals surface area (Å²) < 4.78 is 2.09. The SMILES string of the molecule is Cc1cccnc1Nc1nccnc1[C@@H]1CCCN(Cc2cncn2C)C1. The second-order valence-corrected chi connectivity index (χ2v) is 7.15. The van der Waals surface area contributed by atoms with Gasteiger partial charge in [0.15, 0.2) is 5.82 Å². The van der Waals surface area contributed by atoms with E-state index in [0.29, 0.717) is 5.92 Å². The molecule has 0 bridgehead atoms. The lowest BCUT2D eigenvalue weighted by Gasteiger charge is -2.32. The van der Waals surface area contributed by atoms with E-state index in [1.165, 1.54) is 5.69 Å². The molecule has 3 aromatic heterocycles. The molecule has 1 atom stereocenters. The smallest absolute Gasteiger partial charge is 0.153 e. The fourth-order valence-corrected chi connectivity index (χ4v) is 3.66. The molecule has 1 fully saturated rings. The first-order valence-corrected chi connectivity index (χ1v) is 9.38. The maximum absolute atomic E-state index is 4.68. The van der Waals surface area contributed by atoms with Gasteiger partial charge in [-0.1, -0.05) is 6.07 Å². The highest BCUT2D eigenvalue weighted by atomic mass is 15.2. The summed E-state index contributed by atoms with van der Waals surface area (Å²) in [7, 11) is 2.05. The first kappa shape index (κ1) is 17.6. The molecule has 0 spiro atoms. The summed E-state index contributed by atoms with van der Waals surface area (Å²) >= 11 is 0. The first-order valence-electron chi connectivity index (χ1n) is 9.38. The summed E-state index contributed by atoms with van der Waals surface area (Å²) in [6, 6.07) is 3.98. The lowest BCUT2D eigenvalue weighted by Crippen LogP contribution is -2.35. The van der Waals surface area contributed by atoms with Crippen molar-refractivity contribution in [3.8, 4) is 0 Å². The zero-order valence-corrected chi connectivity index (χ0v) is 15.8. The van der Waals surface area contributed by atoms with Crippen LogP contribution in [0.25, 0.3) is 0 Å². The number of hydrogen-bond acceptors (Lipinski definition) is 6. The summed E-state index contributed by atoms with van der Waals surface area (Å²) in [5.74, 6) is 2.00. The fraction of sp³-hybridized carbons (Fsp3) is 0.400. The average molecular weight is 363 g/mol. The highest BCUT2D eigenvalue weighted by molar-refractivity contribution is 5.57. The monoisotopic (exact) mass is 363 g/mol. The van der Waals surface area contributed by atoms with E-state index in [4.69, 9.17) is 0 Å². The standard InChI is InChI=1S/C20H25N7/c1-15-5-3-7-23-19(15)25-20-18(22-8-9-24-20)16-6-4-10-27(12-16)13-17-11-21-14-26(17)2/h3,5,7-9,11,14,16H,4,6,10,12-13H2,1-2H3,(H,23,24,25)/t16-/m1/s1. The second kappa shape index (κ2) is 7.84. The number of pyridine rings is 1. The van der Waals surface area contributed by atoms with Crippen LogP contribution < -0.4 is 5.32 Å². The number of likely N-dealkylation sites (tertiary alicyclic amines) is 1. The Bertz CT molecular complexity index is 905. The van der Waals surface area contributed by atoms with Gasteiger partial charge in [-0.2, -0.15) is 0 Å². The summed E-state index contributed by atoms with van der Waals surface area (Å²) in [6.07, 6.45) is 11.4. The molecule has 1 saturated heterocycles. The molecule has 0 aromatic carbocycles. The number of rotatable bonds is 5. The minimum Gasteiger partial charge on any atom is -0.337 e. The largest absolute Gasteiger partial charge is 0.337 e. The number of nitrogens with zero attached hydrogens (tertiary/aromatic N) is 6. The zero-order chi connectivity index (χ0) is 18.6. The molecule has 0 saturated carbocycles. The number of nitrogens with one attached hydrogen (secondary N) is 1. The van der Waals surface area contributed by atoms with E-state index in [1.807, 2.05) is 38.6 Å². The molecule has 7 heteroatoms. The Balaban J connectivity index is 1.52. The van der Waals surface area contributed by atoms with Crippen molar-refractivity contribution in [2.75, 3.05) is 18.4 Å². The Labute approximate surface area is 159 Å². The Morgan fingerprint density at radius 3 is 2.81 bits per heavy atom. The molecule has 1 N–H and O–H groups in total. The van der Waals surface area contributed by atoms with E-state index in [0.717, 1.165) is 55.4 Å². The molecule has 0 amide bonds. The number of imidazole rings is 1. The summed E-state index contributed by atoms with van der Waals surface area (Å²) in [6.45, 7) is 5.03. The fourth-order valence-electron chi connectivity index (χ4n) is 3.66. The van der Waals surface area contributed by atoms with Gasteiger partial charge in [0.05, 0.1) is 17.7 Å². The van der Waals surface area contributed by atoms with Crippen LogP contribution in [0.5, 0.6) is 0 Å². The Hall–Kier alpha value is -2.80. The minimum atomic E-state index is 0.354. The zero-order valence-electron chi connectivity index (χ0n) is 15.8. The molecule has 1 aliphatic heterocycles. The van der Waals surface area contributed by atoms with E-state index in [2.05, 4.69) is 34.7 Å². The van der Waals surface area contributed by atoms with Crippen LogP contribution in [0.15, 0.2) is 43.2 Å². The predicted molar refractivity (Wildman–Crippen MR) is 105 cm³/mol. The van der Waals surface area contributed by atoms with Crippen molar-refractivity contribution in [2.24, 2.45) is 7.05 Å². The average Bonchev–Trinajstić information content (AvgIpc) is 3.09. The Morgan fingerprint density at radius 1 is 1.15 bits per heavy atom. The number of anilines is 2. The number of piperidine rings is 1. The van der Waals surface area contributed by atoms with E-state index in [1.54, 1.807) is 18.6 Å². The first-order chi connectivity index (χ1) is 13.2. The Morgan fingerprint density at radius 2 is 2.00 bits per heavy atom. The third-order valence-corrected chi connectivity index (χ3v) is 5.17. The van der Waals surface area contributed by atoms with Crippen LogP contribution in [0.4, 0.5) is 11.6 Å². The third-order valence-electron chi connectivity index (χ3n) is 5.17. The molecule has 0 radical (unpaired) electrons. The van der Waals surface area contributed by atoms with Crippen LogP contribution in [0, 0.1) is 6.92 Å². The molecule has 0 aliphatic carbocycles. The van der Waals surface area contributed by atoms with Crippen LogP contribution >= 0.6 is 0 Å². The molecule has 140 valence electrons. The van der Waals surface area contributed by atoms with Gasteiger partial charge in [0.1, 0.15) is 5.82 Å². The molecule has 3 aromatic rings. The van der Waals surface area contributed by atoms with Crippen LogP contribution in [0.3, 0.4) is 0 Å². The van der Waals surface area contributed by atoms with Gasteiger partial charge in [-0.15, -0.1) is 0 Å². The predicted octanol–water partition coefficient (Wildman–Crippen LogP) is 3.04. The molecule has 4 rings (SSSR count). The van der Waals surface area contributed by atoms with Gasteiger partial charge in [0.25, 0.3) is 0 Å². The quantitative estimate of drug-likeness (QED) is 0.751. The number of aryl methyl sites for hydroxylation is 2. The highest BCUT2D eigenvalue weighted by Crippen LogP contribution is 2.31. The van der Waals surface area contributed by atoms with Gasteiger partial charge in [0.2, 0.25) is 0 Å². The highest BCUT2D eigenvalue weighted by Gasteiger charge is 2.25. The molecule has 7 nitrogen and oxygen atoms in total. The van der Waals surface area contributed by atoms with E-state index >= 15 is 0 Å². The van der Waals surface area contributed by atoms with Gasteiger partial charge < -0.3 is 9.88 Å². The van der Waals surface area contributed by atoms with Crippen molar-refractivity contribution in [3.63, 3.8) is 0 Å². The molecular weight excluding hydrogens is 338 g/mol. The van der Waals surface area contributed by atoms with Gasteiger partial charge in [-0.25, -0.2) is 15.0 Å². The van der Waals surface area contributed by atoms with Crippen molar-refractivity contribution in [1.82, 2.24) is 29.4 Å².